The number of aryl methyl sites for hydroxylation is 1. The summed E-state index contributed by atoms with van der Waals surface area (Å²) in [5.41, 5.74) is 9.19. The van der Waals surface area contributed by atoms with Gasteiger partial charge in [-0.2, -0.15) is 0 Å². The first-order chi connectivity index (χ1) is 13.5. The molecule has 140 valence electrons. The molecule has 0 N–H and O–H groups in total. The Morgan fingerprint density at radius 3 is 2.18 bits per heavy atom. The molecule has 3 aromatic rings. The first-order valence-electron chi connectivity index (χ1n) is 10.1. The van der Waals surface area contributed by atoms with Crippen molar-refractivity contribution in [3.63, 3.8) is 0 Å². The van der Waals surface area contributed by atoms with Crippen LogP contribution in [0.25, 0.3) is 5.70 Å². The summed E-state index contributed by atoms with van der Waals surface area (Å²) in [6.07, 6.45) is 0.230. The molecule has 0 spiro atoms. The molecule has 2 atom stereocenters. The van der Waals surface area contributed by atoms with Gasteiger partial charge in [0.05, 0.1) is 11.2 Å². The molecule has 5 rings (SSSR count). The van der Waals surface area contributed by atoms with E-state index >= 15 is 0 Å². The molecule has 3 aromatic carbocycles. The fourth-order valence-electron chi connectivity index (χ4n) is 5.31. The topological polar surface area (TPSA) is 6.48 Å². The largest absolute Gasteiger partial charge is 0.336 e. The van der Waals surface area contributed by atoms with Gasteiger partial charge in [-0.15, -0.1) is 0 Å². The second kappa shape index (κ2) is 6.00. The molecule has 0 saturated heterocycles. The molecule has 0 fully saturated rings. The number of fused-ring (bicyclic) bond motifs is 3. The van der Waals surface area contributed by atoms with Gasteiger partial charge < -0.3 is 9.80 Å². The fourth-order valence-corrected chi connectivity index (χ4v) is 5.31. The molecular formula is C26H26N2. The van der Waals surface area contributed by atoms with Crippen molar-refractivity contribution in [3.8, 4) is 0 Å². The van der Waals surface area contributed by atoms with E-state index in [4.69, 9.17) is 0 Å². The number of nitrogens with zero attached hydrogens (tertiary/aromatic N) is 2. The summed E-state index contributed by atoms with van der Waals surface area (Å²) in [4.78, 5) is 5.12. The number of benzene rings is 3. The van der Waals surface area contributed by atoms with Gasteiger partial charge in [0.1, 0.15) is 6.17 Å². The normalized spacial score (nSPS) is 23.2. The maximum Gasteiger partial charge on any atom is 0.104 e. The number of hydrogen-bond donors (Lipinski definition) is 0. The standard InChI is InChI=1S/C26H26N2/c1-18-12-8-11-17-24(18)27-19(2)25-22-15-9-10-16-23(22)26(4,28(25)20(27)3)21-13-6-5-7-14-21/h5-17,20H,1-4H3. The lowest BCUT2D eigenvalue weighted by atomic mass is 9.84. The Morgan fingerprint density at radius 1 is 0.786 bits per heavy atom. The van der Waals surface area contributed by atoms with Crippen LogP contribution >= 0.6 is 0 Å². The second-order valence-electron chi connectivity index (χ2n) is 8.08. The zero-order chi connectivity index (χ0) is 19.5. The lowest BCUT2D eigenvalue weighted by molar-refractivity contribution is 0.202. The first-order valence-corrected chi connectivity index (χ1v) is 10.1. The molecule has 0 aromatic heterocycles. The minimum atomic E-state index is -0.189. The SMILES string of the molecule is CC1=C2c3ccccc3C(C)(c3ccccc3)N2C(C)N1c1ccccc1C. The Hall–Kier alpha value is -3.00. The number of hydrogen-bond acceptors (Lipinski definition) is 2. The Kier molecular flexibility index (Phi) is 3.67. The summed E-state index contributed by atoms with van der Waals surface area (Å²) in [6.45, 7) is 9.18. The lowest BCUT2D eigenvalue weighted by Crippen LogP contribution is -2.47. The van der Waals surface area contributed by atoms with Crippen molar-refractivity contribution in [1.82, 2.24) is 4.90 Å². The number of para-hydroxylation sites is 1. The van der Waals surface area contributed by atoms with Crippen molar-refractivity contribution in [2.45, 2.75) is 39.4 Å². The Labute approximate surface area is 167 Å². The van der Waals surface area contributed by atoms with Crippen LogP contribution < -0.4 is 4.90 Å². The van der Waals surface area contributed by atoms with Gasteiger partial charge in [-0.05, 0) is 50.5 Å². The summed E-state index contributed by atoms with van der Waals surface area (Å²) < 4.78 is 0. The smallest absolute Gasteiger partial charge is 0.104 e. The van der Waals surface area contributed by atoms with E-state index in [9.17, 15) is 0 Å². The molecule has 2 aliphatic heterocycles. The summed E-state index contributed by atoms with van der Waals surface area (Å²) in [6, 6.07) is 28.5. The van der Waals surface area contributed by atoms with Crippen molar-refractivity contribution >= 4 is 11.4 Å². The predicted octanol–water partition coefficient (Wildman–Crippen LogP) is 6.13. The zero-order valence-corrected chi connectivity index (χ0v) is 17.0. The molecule has 0 saturated carbocycles. The van der Waals surface area contributed by atoms with Crippen molar-refractivity contribution < 1.29 is 0 Å². The van der Waals surface area contributed by atoms with E-state index in [0.29, 0.717) is 0 Å². The Bertz CT molecular complexity index is 1080. The van der Waals surface area contributed by atoms with Crippen LogP contribution in [0.3, 0.4) is 0 Å². The quantitative estimate of drug-likeness (QED) is 0.538. The highest BCUT2D eigenvalue weighted by atomic mass is 15.5. The van der Waals surface area contributed by atoms with Gasteiger partial charge in [0.15, 0.2) is 0 Å². The van der Waals surface area contributed by atoms with Crippen LogP contribution in [0.5, 0.6) is 0 Å². The van der Waals surface area contributed by atoms with Gasteiger partial charge in [-0.3, -0.25) is 0 Å². The van der Waals surface area contributed by atoms with Crippen LogP contribution in [0.15, 0.2) is 84.6 Å². The molecule has 0 bridgehead atoms. The summed E-state index contributed by atoms with van der Waals surface area (Å²) in [7, 11) is 0. The lowest BCUT2D eigenvalue weighted by Gasteiger charge is -2.42. The van der Waals surface area contributed by atoms with Crippen LogP contribution in [-0.4, -0.2) is 11.1 Å². The third-order valence-corrected chi connectivity index (χ3v) is 6.59. The zero-order valence-electron chi connectivity index (χ0n) is 17.0. The van der Waals surface area contributed by atoms with Crippen molar-refractivity contribution in [2.24, 2.45) is 0 Å². The van der Waals surface area contributed by atoms with Gasteiger partial charge in [0.2, 0.25) is 0 Å². The van der Waals surface area contributed by atoms with E-state index in [1.54, 1.807) is 0 Å². The van der Waals surface area contributed by atoms with Crippen LogP contribution in [0.2, 0.25) is 0 Å². The maximum absolute atomic E-state index is 2.62. The molecule has 28 heavy (non-hydrogen) atoms. The fraction of sp³-hybridized carbons (Fsp3) is 0.231. The molecule has 2 heterocycles. The maximum atomic E-state index is 2.62. The van der Waals surface area contributed by atoms with Gasteiger partial charge in [-0.25, -0.2) is 0 Å². The highest BCUT2D eigenvalue weighted by Crippen LogP contribution is 2.56. The number of rotatable bonds is 2. The monoisotopic (exact) mass is 366 g/mol. The van der Waals surface area contributed by atoms with Gasteiger partial charge in [0.25, 0.3) is 0 Å². The Morgan fingerprint density at radius 2 is 1.43 bits per heavy atom. The molecule has 2 heteroatoms. The number of allylic oxidation sites excluding steroid dienone is 1. The van der Waals surface area contributed by atoms with E-state index in [-0.39, 0.29) is 11.7 Å². The van der Waals surface area contributed by atoms with E-state index in [1.165, 1.54) is 39.3 Å². The highest BCUT2D eigenvalue weighted by Gasteiger charge is 2.52. The van der Waals surface area contributed by atoms with E-state index < -0.39 is 0 Å². The summed E-state index contributed by atoms with van der Waals surface area (Å²) in [5, 5.41) is 0. The molecule has 0 aliphatic carbocycles. The second-order valence-corrected chi connectivity index (χ2v) is 8.08. The van der Waals surface area contributed by atoms with Crippen LogP contribution in [0.1, 0.15) is 43.0 Å². The minimum Gasteiger partial charge on any atom is -0.336 e. The minimum absolute atomic E-state index is 0.189. The van der Waals surface area contributed by atoms with Gasteiger partial charge >= 0.3 is 0 Å². The van der Waals surface area contributed by atoms with Crippen LogP contribution in [0, 0.1) is 6.92 Å². The van der Waals surface area contributed by atoms with Crippen molar-refractivity contribution in [1.29, 1.82) is 0 Å². The average molecular weight is 367 g/mol. The first kappa shape index (κ1) is 17.1. The molecular weight excluding hydrogens is 340 g/mol. The van der Waals surface area contributed by atoms with E-state index in [1.807, 2.05) is 0 Å². The van der Waals surface area contributed by atoms with Crippen molar-refractivity contribution in [2.75, 3.05) is 4.90 Å². The van der Waals surface area contributed by atoms with Gasteiger partial charge in [-0.1, -0.05) is 72.8 Å². The van der Waals surface area contributed by atoms with E-state index in [2.05, 4.69) is 116 Å². The molecule has 0 radical (unpaired) electrons. The molecule has 2 nitrogen and oxygen atoms in total. The van der Waals surface area contributed by atoms with Gasteiger partial charge in [0, 0.05) is 16.9 Å². The molecule has 0 amide bonds. The third-order valence-electron chi connectivity index (χ3n) is 6.59. The number of anilines is 1. The van der Waals surface area contributed by atoms with E-state index in [0.717, 1.165) is 0 Å². The predicted molar refractivity (Wildman–Crippen MR) is 117 cm³/mol. The molecule has 2 unspecified atom stereocenters. The third kappa shape index (κ3) is 2.09. The van der Waals surface area contributed by atoms with Crippen molar-refractivity contribution in [3.05, 3.63) is 107 Å². The van der Waals surface area contributed by atoms with Crippen LogP contribution in [0.4, 0.5) is 5.69 Å². The highest BCUT2D eigenvalue weighted by molar-refractivity contribution is 5.83. The Balaban J connectivity index is 1.77. The average Bonchev–Trinajstić information content (AvgIpc) is 3.15. The van der Waals surface area contributed by atoms with Crippen LogP contribution in [-0.2, 0) is 5.54 Å². The summed E-state index contributed by atoms with van der Waals surface area (Å²) in [5.74, 6) is 0. The summed E-state index contributed by atoms with van der Waals surface area (Å²) >= 11 is 0. The molecule has 2 aliphatic rings.